The molecule has 0 radical (unpaired) electrons. The summed E-state index contributed by atoms with van der Waals surface area (Å²) >= 11 is 0. The lowest BCUT2D eigenvalue weighted by Crippen LogP contribution is -2.61. The van der Waals surface area contributed by atoms with Gasteiger partial charge in [0.25, 0.3) is 11.7 Å². The van der Waals surface area contributed by atoms with Gasteiger partial charge in [0, 0.05) is 108 Å². The monoisotopic (exact) mass is 1810 g/mol. The van der Waals surface area contributed by atoms with E-state index in [0.29, 0.717) is 186 Å². The number of fused-ring (bicyclic) bond motifs is 5. The van der Waals surface area contributed by atoms with Crippen molar-refractivity contribution in [2.24, 2.45) is 41.2 Å². The Morgan fingerprint density at radius 1 is 0.767 bits per heavy atom. The number of aromatic amines is 1. The van der Waals surface area contributed by atoms with E-state index < -0.39 is 90.0 Å². The summed E-state index contributed by atoms with van der Waals surface area (Å²) in [5.41, 5.74) is 18.6. The number of benzene rings is 1. The lowest BCUT2D eigenvalue weighted by atomic mass is 9.80. The quantitative estimate of drug-likeness (QED) is 0.00601. The van der Waals surface area contributed by atoms with Crippen molar-refractivity contribution < 1.29 is 106 Å². The number of Topliss-reactive ketones (excluding diaryl/α,β-unsaturated/α-hetero) is 3. The van der Waals surface area contributed by atoms with Crippen LogP contribution in [0.3, 0.4) is 0 Å². The van der Waals surface area contributed by atoms with E-state index in [1.54, 1.807) is 59.8 Å². The van der Waals surface area contributed by atoms with Crippen molar-refractivity contribution in [3.63, 3.8) is 0 Å². The third-order valence-corrected chi connectivity index (χ3v) is 25.7. The highest BCUT2D eigenvalue weighted by Crippen LogP contribution is 2.42. The second-order valence-electron chi connectivity index (χ2n) is 35.2. The number of imidazole rings is 1. The van der Waals surface area contributed by atoms with Crippen molar-refractivity contribution in [2.45, 2.75) is 249 Å². The molecule has 5 aromatic rings. The predicted molar refractivity (Wildman–Crippen MR) is 481 cm³/mol. The number of rotatable bonds is 41. The molecule has 2 aliphatic carbocycles. The number of nitrogen functional groups attached to an aromatic ring is 1. The van der Waals surface area contributed by atoms with Crippen molar-refractivity contribution in [1.82, 2.24) is 55.1 Å². The maximum atomic E-state index is 14.7. The van der Waals surface area contributed by atoms with Gasteiger partial charge < -0.3 is 104 Å². The second-order valence-corrected chi connectivity index (χ2v) is 35.2. The molecule has 2 bridgehead atoms. The number of nitrogens with two attached hydrogens (primary N) is 2. The van der Waals surface area contributed by atoms with Crippen LogP contribution >= 0.6 is 0 Å². The summed E-state index contributed by atoms with van der Waals surface area (Å²) in [5, 5.41) is 55.1. The van der Waals surface area contributed by atoms with Gasteiger partial charge in [-0.3, -0.25) is 29.3 Å². The van der Waals surface area contributed by atoms with E-state index in [-0.39, 0.29) is 92.2 Å². The van der Waals surface area contributed by atoms with Crippen LogP contribution in [0.5, 0.6) is 5.75 Å². The highest BCUT2D eigenvalue weighted by atomic mass is 16.6. The fraction of sp³-hybridized carbons (Fsp3) is 0.691. The first-order valence-corrected chi connectivity index (χ1v) is 46.4. The number of cyclic esters (lactones) is 1. The lowest BCUT2D eigenvalue weighted by Gasteiger charge is -2.42. The molecule has 4 fully saturated rings. The Kier molecular flexibility index (Phi) is 42.2. The molecule has 1 aromatic carbocycles. The van der Waals surface area contributed by atoms with Crippen LogP contribution in [0, 0.1) is 35.5 Å². The molecule has 35 nitrogen and oxygen atoms in total. The standard InChI is InChI=1S/C94H143N13O22/c1-60-19-12-11-13-20-61(2)78(118-8)56-71-31-25-65(6)94(116,129-71)88(112)92(114)106-36-16-14-23-74(106)93(115)128-79(57-75(108)62(3)52-64(5)86(111)87(120-10)85(110)63(4)51-60)72(95)53-66-26-32-76(80(54-66)119-9)127-38-17-15-22-70-58-105(104-103-70)37-42-124-46-48-126-50-49-125-47-43-121-39-33-81(109)97-34-40-122-44-45-123-41-35-98-91(113)68-29-27-67(28-30-68)90-102-83(84-89(96)99-59-100-107(84)90)73-55-69-21-18-24-77(117-7)82(69)101-73/h11-13,18-21,24,52,55,58-60,62-63,65-68,71-72,74,76,78-80,86-87,91,98,101,111,113,116H,14-17,22-23,25-51,53-54,56-57,95H2,1-10H3,(H,97,109)(H2,96,99,100)/b13-11+,19-12+,61-20+,64-52+/t60-,62-,63-,65-,66+,67-,68-,71+,72-,74+,76-,78+,79+,80-,86-,87+,91?,94-/m1/s1. The van der Waals surface area contributed by atoms with Crippen molar-refractivity contribution in [1.29, 1.82) is 0 Å². The molecule has 3 aliphatic heterocycles. The minimum Gasteiger partial charge on any atom is -0.495 e. The number of piperidine rings is 1. The molecule has 2 amide bonds. The number of esters is 1. The van der Waals surface area contributed by atoms with E-state index in [9.17, 15) is 44.1 Å². The van der Waals surface area contributed by atoms with Crippen molar-refractivity contribution in [3.05, 3.63) is 95.9 Å². The largest absolute Gasteiger partial charge is 0.495 e. The zero-order chi connectivity index (χ0) is 92.4. The number of aromatic nitrogens is 8. The van der Waals surface area contributed by atoms with Crippen LogP contribution in [-0.2, 0) is 98.6 Å². The Balaban J connectivity index is 0.554. The number of H-pyrrole nitrogens is 1. The number of nitrogens with one attached hydrogen (secondary N) is 3. The molecule has 7 heterocycles. The third-order valence-electron chi connectivity index (χ3n) is 25.7. The first kappa shape index (κ1) is 103. The van der Waals surface area contributed by atoms with E-state index in [1.807, 2.05) is 79.2 Å². The number of hydrogen-bond donors (Lipinski definition) is 8. The summed E-state index contributed by atoms with van der Waals surface area (Å²) in [7, 11) is 6.23. The number of para-hydroxylation sites is 1. The summed E-state index contributed by atoms with van der Waals surface area (Å²) in [6, 6.07) is 5.80. The molecular weight excluding hydrogens is 1660 g/mol. The van der Waals surface area contributed by atoms with Gasteiger partial charge in [0.2, 0.25) is 11.7 Å². The zero-order valence-electron chi connectivity index (χ0n) is 77.2. The molecule has 10 rings (SSSR count). The molecule has 2 saturated carbocycles. The van der Waals surface area contributed by atoms with Gasteiger partial charge in [-0.1, -0.05) is 81.5 Å². The molecule has 16 atom stereocenters. The van der Waals surface area contributed by atoms with Gasteiger partial charge in [-0.05, 0) is 164 Å². The van der Waals surface area contributed by atoms with Crippen LogP contribution in [0.2, 0.25) is 0 Å². The Morgan fingerprint density at radius 3 is 2.21 bits per heavy atom. The van der Waals surface area contributed by atoms with Crippen LogP contribution in [0.4, 0.5) is 5.82 Å². The number of unbranched alkanes of at least 4 members (excludes halogenated alkanes) is 1. The third kappa shape index (κ3) is 30.1. The molecule has 129 heavy (non-hydrogen) atoms. The van der Waals surface area contributed by atoms with E-state index in [4.69, 9.17) is 78.0 Å². The van der Waals surface area contributed by atoms with Gasteiger partial charge >= 0.3 is 5.97 Å². The molecule has 0 spiro atoms. The highest BCUT2D eigenvalue weighted by molar-refractivity contribution is 6.39. The highest BCUT2D eigenvalue weighted by Gasteiger charge is 2.53. The van der Waals surface area contributed by atoms with Gasteiger partial charge in [0.05, 0.1) is 134 Å². The Labute approximate surface area is 757 Å². The van der Waals surface area contributed by atoms with Crippen LogP contribution in [-0.4, -0.2) is 296 Å². The number of allylic oxidation sites excluding steroid dienone is 6. The Bertz CT molecular complexity index is 4450. The number of nitrogens with zero attached hydrogens (tertiary/aromatic N) is 8. The van der Waals surface area contributed by atoms with E-state index in [0.717, 1.165) is 82.9 Å². The summed E-state index contributed by atoms with van der Waals surface area (Å²) in [4.78, 5) is 98.5. The SMILES string of the molecule is COc1cccc2cc(-c3nc([C@H]4CC[C@H](C(O)NCCOCCOCCNC(=O)CCOCCOCCOCCOCCn5cc(CCCCO[C@@H]6CC[C@@H](C[C@@H](N)[C@@H]7CC(=O)[C@H](C)/C=C(\C)[C@@H](O)[C@@H](OC)C(=O)[C@H](C)C[C@H](C)/C=C/C=C/C=C(\C)[C@@H](OC)C[C@@H]8CC[C@@H](C)[C@@](O)(O8)C(=O)C(=O)N8CCCC[C@H]8C(=O)O7)C[C@H]6OC)nn5)CC4)n4ncnc(N)c34)[nH]c12. The molecular formula is C94H143N13O22. The molecule has 2 saturated heterocycles. The fourth-order valence-corrected chi connectivity index (χ4v) is 18.0. The van der Waals surface area contributed by atoms with Crippen LogP contribution < -0.4 is 26.8 Å². The van der Waals surface area contributed by atoms with Gasteiger partial charge in [0.15, 0.2) is 11.6 Å². The summed E-state index contributed by atoms with van der Waals surface area (Å²) < 4.78 is 79.7. The van der Waals surface area contributed by atoms with E-state index in [2.05, 4.69) is 36.0 Å². The topological polar surface area (TPSA) is 452 Å². The number of carbonyl (C=O) groups excluding carboxylic acids is 6. The van der Waals surface area contributed by atoms with Crippen LogP contribution in [0.25, 0.3) is 27.8 Å². The van der Waals surface area contributed by atoms with Crippen molar-refractivity contribution in [3.8, 4) is 17.1 Å². The first-order chi connectivity index (χ1) is 62.3. The minimum absolute atomic E-state index is 0.0165. The Morgan fingerprint density at radius 2 is 1.49 bits per heavy atom. The average molecular weight is 1810 g/mol. The predicted octanol–water partition coefficient (Wildman–Crippen LogP) is 8.18. The van der Waals surface area contributed by atoms with Crippen molar-refractivity contribution >= 4 is 57.4 Å². The molecule has 1 unspecified atom stereocenters. The van der Waals surface area contributed by atoms with Gasteiger partial charge in [-0.2, -0.15) is 5.10 Å². The zero-order valence-corrected chi connectivity index (χ0v) is 77.2. The number of aliphatic hydroxyl groups excluding tert-OH is 2. The molecule has 10 N–H and O–H groups in total. The fourth-order valence-electron chi connectivity index (χ4n) is 18.0. The number of ketones is 3. The number of hydrogen-bond acceptors (Lipinski definition) is 30. The van der Waals surface area contributed by atoms with Crippen LogP contribution in [0.1, 0.15) is 181 Å². The van der Waals surface area contributed by atoms with Gasteiger partial charge in [-0.25, -0.2) is 24.0 Å². The number of amides is 2. The molecule has 4 aromatic heterocycles. The van der Waals surface area contributed by atoms with E-state index in [1.165, 1.54) is 13.4 Å². The first-order valence-electron chi connectivity index (χ1n) is 46.4. The van der Waals surface area contributed by atoms with Gasteiger partial charge in [-0.15, -0.1) is 5.10 Å². The maximum absolute atomic E-state index is 14.7. The maximum Gasteiger partial charge on any atom is 0.329 e. The summed E-state index contributed by atoms with van der Waals surface area (Å²) in [6.07, 6.45) is 19.1. The number of carbonyl (C=O) groups is 6. The minimum atomic E-state index is -2.48. The second kappa shape index (κ2) is 52.9. The summed E-state index contributed by atoms with van der Waals surface area (Å²) in [5.74, 6) is -6.32. The number of ether oxygens (including phenoxy) is 13. The molecule has 5 aliphatic rings. The number of methoxy groups -OCH3 is 4. The number of aryl methyl sites for hydroxylation is 1. The smallest absolute Gasteiger partial charge is 0.329 e. The Hall–Kier alpha value is -8.21. The molecule has 716 valence electrons. The van der Waals surface area contributed by atoms with Gasteiger partial charge in [0.1, 0.15) is 65.5 Å². The van der Waals surface area contributed by atoms with Crippen molar-refractivity contribution in [2.75, 3.05) is 140 Å². The lowest BCUT2D eigenvalue weighted by molar-refractivity contribution is -0.265. The van der Waals surface area contributed by atoms with Crippen LogP contribution in [0.15, 0.2) is 84.4 Å². The number of aliphatic hydroxyl groups is 3. The van der Waals surface area contributed by atoms with E-state index >= 15 is 0 Å². The number of anilines is 1. The summed E-state index contributed by atoms with van der Waals surface area (Å²) in [6.45, 7) is 17.1. The average Bonchev–Trinajstić information content (AvgIpc) is 1.61. The molecule has 35 heteroatoms. The normalized spacial score (nSPS) is 28.4.